The fourth-order valence-electron chi connectivity index (χ4n) is 2.48. The quantitative estimate of drug-likeness (QED) is 0.886. The molecule has 0 spiro atoms. The van der Waals surface area contributed by atoms with Crippen LogP contribution >= 0.6 is 0 Å². The normalized spacial score (nSPS) is 11.8. The SMILES string of the molecule is CCc1ccc(S(=O)(=O)NCCc2c(C)nn(C)c2C)cc1. The van der Waals surface area contributed by atoms with Crippen molar-refractivity contribution >= 4 is 10.0 Å². The Morgan fingerprint density at radius 3 is 2.32 bits per heavy atom. The number of hydrogen-bond donors (Lipinski definition) is 1. The minimum Gasteiger partial charge on any atom is -0.272 e. The molecule has 6 heteroatoms. The van der Waals surface area contributed by atoms with Crippen LogP contribution in [0.3, 0.4) is 0 Å². The summed E-state index contributed by atoms with van der Waals surface area (Å²) in [6.07, 6.45) is 1.53. The van der Waals surface area contributed by atoms with Crippen LogP contribution in [0.1, 0.15) is 29.4 Å². The third-order valence-electron chi connectivity index (χ3n) is 3.97. The van der Waals surface area contributed by atoms with Gasteiger partial charge in [-0.05, 0) is 49.9 Å². The van der Waals surface area contributed by atoms with Crippen molar-refractivity contribution in [1.29, 1.82) is 0 Å². The van der Waals surface area contributed by atoms with Crippen LogP contribution in [0.5, 0.6) is 0 Å². The van der Waals surface area contributed by atoms with Crippen LogP contribution < -0.4 is 4.72 Å². The molecule has 0 aliphatic carbocycles. The average Bonchev–Trinajstić information content (AvgIpc) is 2.73. The Morgan fingerprint density at radius 1 is 1.18 bits per heavy atom. The van der Waals surface area contributed by atoms with Gasteiger partial charge in [-0.15, -0.1) is 0 Å². The van der Waals surface area contributed by atoms with E-state index in [9.17, 15) is 8.42 Å². The van der Waals surface area contributed by atoms with E-state index in [2.05, 4.69) is 9.82 Å². The lowest BCUT2D eigenvalue weighted by molar-refractivity contribution is 0.581. The largest absolute Gasteiger partial charge is 0.272 e. The molecule has 22 heavy (non-hydrogen) atoms. The minimum atomic E-state index is -3.45. The van der Waals surface area contributed by atoms with Crippen LogP contribution in [0.15, 0.2) is 29.2 Å². The molecule has 0 saturated carbocycles. The highest BCUT2D eigenvalue weighted by atomic mass is 32.2. The van der Waals surface area contributed by atoms with Gasteiger partial charge < -0.3 is 0 Å². The first-order chi connectivity index (χ1) is 10.3. The first-order valence-electron chi connectivity index (χ1n) is 7.43. The Hall–Kier alpha value is -1.66. The van der Waals surface area contributed by atoms with Gasteiger partial charge in [-0.3, -0.25) is 4.68 Å². The molecule has 2 rings (SSSR count). The molecule has 1 N–H and O–H groups in total. The molecule has 0 radical (unpaired) electrons. The molecule has 0 aliphatic rings. The summed E-state index contributed by atoms with van der Waals surface area (Å²) in [5, 5.41) is 4.34. The van der Waals surface area contributed by atoms with Gasteiger partial charge >= 0.3 is 0 Å². The monoisotopic (exact) mass is 321 g/mol. The standard InChI is InChI=1S/C16H23N3O2S/c1-5-14-6-8-15(9-7-14)22(20,21)17-11-10-16-12(2)18-19(4)13(16)3/h6-9,17H,5,10-11H2,1-4H3. The Labute approximate surface area is 132 Å². The zero-order valence-electron chi connectivity index (χ0n) is 13.5. The second kappa shape index (κ2) is 6.62. The van der Waals surface area contributed by atoms with E-state index < -0.39 is 10.0 Å². The molecule has 2 aromatic rings. The summed E-state index contributed by atoms with van der Waals surface area (Å²) in [5.74, 6) is 0. The Bertz CT molecular complexity index is 746. The molecule has 1 heterocycles. The summed E-state index contributed by atoms with van der Waals surface area (Å²) in [4.78, 5) is 0.310. The van der Waals surface area contributed by atoms with Crippen molar-refractivity contribution in [1.82, 2.24) is 14.5 Å². The van der Waals surface area contributed by atoms with Gasteiger partial charge in [0.25, 0.3) is 0 Å². The lowest BCUT2D eigenvalue weighted by atomic mass is 10.1. The van der Waals surface area contributed by atoms with Crippen LogP contribution in [0.4, 0.5) is 0 Å². The van der Waals surface area contributed by atoms with E-state index in [0.29, 0.717) is 17.9 Å². The highest BCUT2D eigenvalue weighted by Gasteiger charge is 2.15. The zero-order valence-corrected chi connectivity index (χ0v) is 14.4. The molecule has 1 aromatic heterocycles. The number of nitrogens with zero attached hydrogens (tertiary/aromatic N) is 2. The molecule has 0 atom stereocenters. The molecular formula is C16H23N3O2S. The van der Waals surface area contributed by atoms with Crippen LogP contribution in [0, 0.1) is 13.8 Å². The third kappa shape index (κ3) is 3.56. The molecule has 1 aromatic carbocycles. The number of aromatic nitrogens is 2. The van der Waals surface area contributed by atoms with Crippen molar-refractivity contribution in [3.05, 3.63) is 46.8 Å². The fourth-order valence-corrected chi connectivity index (χ4v) is 3.51. The molecule has 0 amide bonds. The highest BCUT2D eigenvalue weighted by Crippen LogP contribution is 2.14. The number of nitrogens with one attached hydrogen (secondary N) is 1. The first-order valence-corrected chi connectivity index (χ1v) is 8.91. The maximum Gasteiger partial charge on any atom is 0.240 e. The van der Waals surface area contributed by atoms with E-state index in [1.54, 1.807) is 12.1 Å². The average molecular weight is 321 g/mol. The maximum absolute atomic E-state index is 12.3. The third-order valence-corrected chi connectivity index (χ3v) is 5.44. The molecule has 0 bridgehead atoms. The van der Waals surface area contributed by atoms with Gasteiger partial charge in [0.05, 0.1) is 10.6 Å². The van der Waals surface area contributed by atoms with Crippen LogP contribution in [-0.2, 0) is 29.9 Å². The molecule has 120 valence electrons. The van der Waals surface area contributed by atoms with E-state index in [4.69, 9.17) is 0 Å². The number of sulfonamides is 1. The maximum atomic E-state index is 12.3. The summed E-state index contributed by atoms with van der Waals surface area (Å²) in [7, 11) is -1.56. The van der Waals surface area contributed by atoms with Gasteiger partial charge in [0, 0.05) is 19.3 Å². The predicted octanol–water partition coefficient (Wildman–Crippen LogP) is 2.12. The molecule has 0 saturated heterocycles. The molecule has 5 nitrogen and oxygen atoms in total. The van der Waals surface area contributed by atoms with Crippen molar-refractivity contribution in [2.24, 2.45) is 7.05 Å². The summed E-state index contributed by atoms with van der Waals surface area (Å²) >= 11 is 0. The first kappa shape index (κ1) is 16.7. The Kier molecular flexibility index (Phi) is 5.03. The zero-order chi connectivity index (χ0) is 16.3. The lowest BCUT2D eigenvalue weighted by Gasteiger charge is -2.08. The van der Waals surface area contributed by atoms with E-state index in [-0.39, 0.29) is 0 Å². The smallest absolute Gasteiger partial charge is 0.240 e. The van der Waals surface area contributed by atoms with Gasteiger partial charge in [0.1, 0.15) is 0 Å². The second-order valence-corrected chi connectivity index (χ2v) is 7.19. The fraction of sp³-hybridized carbons (Fsp3) is 0.438. The van der Waals surface area contributed by atoms with Gasteiger partial charge in [-0.2, -0.15) is 5.10 Å². The second-order valence-electron chi connectivity index (χ2n) is 5.42. The van der Waals surface area contributed by atoms with E-state index in [1.807, 2.05) is 44.6 Å². The van der Waals surface area contributed by atoms with Crippen LogP contribution in [0.25, 0.3) is 0 Å². The number of benzene rings is 1. The van der Waals surface area contributed by atoms with Crippen molar-refractivity contribution < 1.29 is 8.42 Å². The summed E-state index contributed by atoms with van der Waals surface area (Å²) in [5.41, 5.74) is 4.25. The lowest BCUT2D eigenvalue weighted by Crippen LogP contribution is -2.26. The number of aryl methyl sites for hydroxylation is 3. The van der Waals surface area contributed by atoms with Gasteiger partial charge in [-0.25, -0.2) is 13.1 Å². The van der Waals surface area contributed by atoms with E-state index >= 15 is 0 Å². The molecule has 0 aliphatic heterocycles. The van der Waals surface area contributed by atoms with E-state index in [1.165, 1.54) is 0 Å². The van der Waals surface area contributed by atoms with E-state index in [0.717, 1.165) is 28.9 Å². The van der Waals surface area contributed by atoms with Gasteiger partial charge in [0.15, 0.2) is 0 Å². The van der Waals surface area contributed by atoms with Gasteiger partial charge in [0.2, 0.25) is 10.0 Å². The van der Waals surface area contributed by atoms with Crippen molar-refractivity contribution in [2.75, 3.05) is 6.54 Å². The van der Waals surface area contributed by atoms with Crippen molar-refractivity contribution in [3.8, 4) is 0 Å². The van der Waals surface area contributed by atoms with Crippen molar-refractivity contribution in [2.45, 2.75) is 38.5 Å². The van der Waals surface area contributed by atoms with Crippen LogP contribution in [-0.4, -0.2) is 24.7 Å². The predicted molar refractivity (Wildman–Crippen MR) is 87.4 cm³/mol. The van der Waals surface area contributed by atoms with Gasteiger partial charge in [-0.1, -0.05) is 19.1 Å². The summed E-state index contributed by atoms with van der Waals surface area (Å²) < 4.78 is 29.0. The summed E-state index contributed by atoms with van der Waals surface area (Å²) in [6.45, 7) is 6.35. The Balaban J connectivity index is 2.03. The molecular weight excluding hydrogens is 298 g/mol. The highest BCUT2D eigenvalue weighted by molar-refractivity contribution is 7.89. The van der Waals surface area contributed by atoms with Crippen LogP contribution in [0.2, 0.25) is 0 Å². The van der Waals surface area contributed by atoms with Crippen molar-refractivity contribution in [3.63, 3.8) is 0 Å². The molecule has 0 fully saturated rings. The Morgan fingerprint density at radius 2 is 1.82 bits per heavy atom. The molecule has 0 unspecified atom stereocenters. The number of hydrogen-bond acceptors (Lipinski definition) is 3. The topological polar surface area (TPSA) is 64.0 Å². The minimum absolute atomic E-state index is 0.310. The summed E-state index contributed by atoms with van der Waals surface area (Å²) in [6, 6.07) is 7.01. The number of rotatable bonds is 6.